The van der Waals surface area contributed by atoms with Crippen molar-refractivity contribution in [2.24, 2.45) is 17.8 Å². The molecule has 0 spiro atoms. The van der Waals surface area contributed by atoms with Crippen molar-refractivity contribution in [1.29, 1.82) is 0 Å². The lowest BCUT2D eigenvalue weighted by molar-refractivity contribution is -0.149. The second-order valence-electron chi connectivity index (χ2n) is 17.8. The quantitative estimate of drug-likeness (QED) is 0.101. The van der Waals surface area contributed by atoms with Crippen LogP contribution in [0.1, 0.15) is 87.4 Å². The van der Waals surface area contributed by atoms with Gasteiger partial charge in [-0.05, 0) is 78.4 Å². The number of hydrogen-bond acceptors (Lipinski definition) is 10. The summed E-state index contributed by atoms with van der Waals surface area (Å²) >= 11 is 0. The lowest BCUT2D eigenvalue weighted by Crippen LogP contribution is -2.43. The van der Waals surface area contributed by atoms with Crippen LogP contribution in [0, 0.1) is 17.8 Å². The fraction of sp³-hybridized carbons (Fsp3) is 0.400. The summed E-state index contributed by atoms with van der Waals surface area (Å²) in [4.78, 5) is 73.9. The van der Waals surface area contributed by atoms with Gasteiger partial charge in [-0.15, -0.1) is 0 Å². The maximum absolute atomic E-state index is 14.3. The molecule has 15 nitrogen and oxygen atoms in total. The number of hydrogen-bond donors (Lipinski definition) is 3. The van der Waals surface area contributed by atoms with Crippen molar-refractivity contribution in [3.05, 3.63) is 102 Å². The van der Waals surface area contributed by atoms with Crippen molar-refractivity contribution >= 4 is 45.7 Å². The Labute approximate surface area is 377 Å². The number of nitrogens with zero attached hydrogens (tertiary/aromatic N) is 4. The standard InChI is InChI=1S/C50H55N7O8/c1-27(2)35(22-43(58)63-5)48(59)57-28(3)12-17-40(57)47-52-38-16-14-31-20-37-34-15-13-32(19-33(34)26-65-42(37)21-36(31)45(38)54-47)39-23-51-46(53-39)41-18-29(25-62-4)24-56(41)49(60)44(55-50(61)64-6)30-10-8-7-9-11-30/h7-11,13-16,19-21,23,27-29,35,40-41,44H,12,17-18,22,24-26H2,1-6H3,(H,51,53)(H,52,54)(H,55,61)/t28-,29-,35-,40?,41?,44+/m0/s1. The van der Waals surface area contributed by atoms with Gasteiger partial charge in [0.1, 0.15) is 30.0 Å². The Morgan fingerprint density at radius 2 is 1.71 bits per heavy atom. The Hall–Kier alpha value is -6.74. The lowest BCUT2D eigenvalue weighted by Gasteiger charge is -2.32. The van der Waals surface area contributed by atoms with E-state index in [2.05, 4.69) is 58.6 Å². The third kappa shape index (κ3) is 8.29. The smallest absolute Gasteiger partial charge is 0.407 e. The molecule has 2 unspecified atom stereocenters. The number of aromatic nitrogens is 4. The van der Waals surface area contributed by atoms with E-state index in [-0.39, 0.29) is 54.2 Å². The molecule has 338 valence electrons. The van der Waals surface area contributed by atoms with E-state index in [1.165, 1.54) is 14.2 Å². The molecular formula is C50H55N7O8. The van der Waals surface area contributed by atoms with Crippen molar-refractivity contribution in [3.8, 4) is 28.1 Å². The van der Waals surface area contributed by atoms with E-state index in [1.54, 1.807) is 12.0 Å². The Bertz CT molecular complexity index is 2770. The van der Waals surface area contributed by atoms with Crippen molar-refractivity contribution in [2.45, 2.75) is 77.2 Å². The number of amides is 3. The highest BCUT2D eigenvalue weighted by Gasteiger charge is 2.43. The molecule has 0 bridgehead atoms. The zero-order valence-electron chi connectivity index (χ0n) is 37.6. The molecule has 3 aliphatic heterocycles. The van der Waals surface area contributed by atoms with Crippen molar-refractivity contribution < 1.29 is 38.1 Å². The maximum atomic E-state index is 14.3. The summed E-state index contributed by atoms with van der Waals surface area (Å²) in [5, 5.41) is 4.73. The first kappa shape index (κ1) is 43.5. The largest absolute Gasteiger partial charge is 0.488 e. The molecule has 0 saturated carbocycles. The van der Waals surface area contributed by atoms with E-state index in [1.807, 2.05) is 61.3 Å². The molecule has 65 heavy (non-hydrogen) atoms. The number of H-pyrrole nitrogens is 2. The number of likely N-dealkylation sites (tertiary alicyclic amines) is 2. The first-order chi connectivity index (χ1) is 31.5. The molecule has 3 amide bonds. The van der Waals surface area contributed by atoms with Crippen LogP contribution in [0.2, 0.25) is 0 Å². The number of aromatic amines is 2. The second-order valence-corrected chi connectivity index (χ2v) is 17.8. The number of rotatable bonds is 12. The van der Waals surface area contributed by atoms with E-state index in [0.29, 0.717) is 37.6 Å². The average Bonchev–Trinajstić information content (AvgIpc) is 4.15. The Kier molecular flexibility index (Phi) is 12.1. The SMILES string of the molecule is COC[C@H]1CC(c2nc(-c3ccc4c(c3)COc3cc5c(ccc6nc(C7CC[C@H](C)N7C(=O)[C@@H](CC(=O)OC)C(C)C)[nH]c65)cc3-4)c[nH]2)N(C(=O)[C@H](NC(=O)OC)c2ccccc2)C1. The summed E-state index contributed by atoms with van der Waals surface area (Å²) in [5.41, 5.74) is 7.05. The van der Waals surface area contributed by atoms with E-state index < -0.39 is 18.1 Å². The molecule has 4 aromatic carbocycles. The number of carbonyl (C=O) groups excluding carboxylic acids is 4. The van der Waals surface area contributed by atoms with Crippen LogP contribution in [-0.4, -0.2) is 94.1 Å². The summed E-state index contributed by atoms with van der Waals surface area (Å²) < 4.78 is 21.8. The van der Waals surface area contributed by atoms with Crippen LogP contribution in [0.15, 0.2) is 79.0 Å². The first-order valence-electron chi connectivity index (χ1n) is 22.3. The fourth-order valence-electron chi connectivity index (χ4n) is 10.0. The summed E-state index contributed by atoms with van der Waals surface area (Å²) in [6.07, 6.45) is 3.46. The topological polar surface area (TPSA) is 181 Å². The van der Waals surface area contributed by atoms with Gasteiger partial charge < -0.3 is 44.0 Å². The highest BCUT2D eigenvalue weighted by Crippen LogP contribution is 2.44. The van der Waals surface area contributed by atoms with Gasteiger partial charge in [-0.1, -0.05) is 62.4 Å². The van der Waals surface area contributed by atoms with Gasteiger partial charge in [-0.3, -0.25) is 14.4 Å². The van der Waals surface area contributed by atoms with Crippen LogP contribution < -0.4 is 10.1 Å². The number of benzene rings is 4. The van der Waals surface area contributed by atoms with Gasteiger partial charge in [0, 0.05) is 48.3 Å². The normalized spacial score (nSPS) is 20.0. The second kappa shape index (κ2) is 18.0. The zero-order valence-corrected chi connectivity index (χ0v) is 37.6. The van der Waals surface area contributed by atoms with Gasteiger partial charge in [0.15, 0.2) is 0 Å². The molecule has 2 saturated heterocycles. The van der Waals surface area contributed by atoms with Gasteiger partial charge in [0.2, 0.25) is 5.91 Å². The van der Waals surface area contributed by atoms with E-state index >= 15 is 0 Å². The zero-order chi connectivity index (χ0) is 45.5. The fourth-order valence-corrected chi connectivity index (χ4v) is 10.0. The molecular weight excluding hydrogens is 827 g/mol. The third-order valence-corrected chi connectivity index (χ3v) is 13.5. The van der Waals surface area contributed by atoms with E-state index in [0.717, 1.165) is 74.2 Å². The number of nitrogens with one attached hydrogen (secondary N) is 3. The Morgan fingerprint density at radius 3 is 2.46 bits per heavy atom. The highest BCUT2D eigenvalue weighted by molar-refractivity contribution is 6.07. The minimum absolute atomic E-state index is 0.00561. The monoisotopic (exact) mass is 881 g/mol. The number of methoxy groups -OCH3 is 3. The summed E-state index contributed by atoms with van der Waals surface area (Å²) in [6, 6.07) is 22.2. The van der Waals surface area contributed by atoms with E-state index in [4.69, 9.17) is 28.9 Å². The molecule has 5 heterocycles. The molecule has 15 heteroatoms. The highest BCUT2D eigenvalue weighted by atomic mass is 16.5. The van der Waals surface area contributed by atoms with Crippen LogP contribution in [0.3, 0.4) is 0 Å². The predicted molar refractivity (Wildman–Crippen MR) is 243 cm³/mol. The van der Waals surface area contributed by atoms with Gasteiger partial charge in [0.25, 0.3) is 5.91 Å². The Balaban J connectivity index is 0.974. The molecule has 2 fully saturated rings. The number of fused-ring (bicyclic) bond motifs is 6. The van der Waals surface area contributed by atoms with Gasteiger partial charge in [-0.2, -0.15) is 0 Å². The molecule has 0 radical (unpaired) electrons. The molecule has 9 rings (SSSR count). The van der Waals surface area contributed by atoms with Crippen LogP contribution >= 0.6 is 0 Å². The molecule has 3 aliphatic rings. The van der Waals surface area contributed by atoms with Crippen molar-refractivity contribution in [3.63, 3.8) is 0 Å². The summed E-state index contributed by atoms with van der Waals surface area (Å²) in [6.45, 7) is 7.28. The number of alkyl carbamates (subject to hydrolysis) is 1. The van der Waals surface area contributed by atoms with Gasteiger partial charge >= 0.3 is 12.1 Å². The summed E-state index contributed by atoms with van der Waals surface area (Å²) in [7, 11) is 4.28. The van der Waals surface area contributed by atoms with Crippen LogP contribution in [0.25, 0.3) is 44.2 Å². The van der Waals surface area contributed by atoms with Crippen LogP contribution in [0.5, 0.6) is 5.75 Å². The van der Waals surface area contributed by atoms with Crippen LogP contribution in [0.4, 0.5) is 4.79 Å². The summed E-state index contributed by atoms with van der Waals surface area (Å²) in [5.74, 6) is 1.01. The number of ether oxygens (including phenoxy) is 4. The minimum atomic E-state index is -0.946. The predicted octanol–water partition coefficient (Wildman–Crippen LogP) is 8.19. The third-order valence-electron chi connectivity index (χ3n) is 13.5. The maximum Gasteiger partial charge on any atom is 0.407 e. The lowest BCUT2D eigenvalue weighted by atomic mass is 9.90. The molecule has 0 aliphatic carbocycles. The molecule has 3 N–H and O–H groups in total. The van der Waals surface area contributed by atoms with Crippen molar-refractivity contribution in [1.82, 2.24) is 35.1 Å². The van der Waals surface area contributed by atoms with Gasteiger partial charge in [-0.25, -0.2) is 14.8 Å². The minimum Gasteiger partial charge on any atom is -0.488 e. The van der Waals surface area contributed by atoms with Gasteiger partial charge in [0.05, 0.1) is 62.0 Å². The first-order valence-corrected chi connectivity index (χ1v) is 22.3. The van der Waals surface area contributed by atoms with E-state index in [9.17, 15) is 19.2 Å². The van der Waals surface area contributed by atoms with Crippen molar-refractivity contribution in [2.75, 3.05) is 34.5 Å². The van der Waals surface area contributed by atoms with Crippen LogP contribution in [-0.2, 0) is 35.2 Å². The molecule has 2 aromatic heterocycles. The number of imidazole rings is 2. The number of esters is 1. The Morgan fingerprint density at radius 1 is 0.892 bits per heavy atom. The number of carbonyl (C=O) groups is 4. The average molecular weight is 882 g/mol. The molecule has 6 aromatic rings. The molecule has 6 atom stereocenters.